The SMILES string of the molecule is COc1cc(C)ccc1Oc1cc([C@H](C)N)ccn1. The number of ether oxygens (including phenoxy) is 2. The van der Waals surface area contributed by atoms with E-state index in [1.807, 2.05) is 44.2 Å². The molecule has 1 heterocycles. The standard InChI is InChI=1S/C15H18N2O2/c1-10-4-5-13(14(8-10)18-3)19-15-9-12(11(2)16)6-7-17-15/h4-9,11H,16H2,1-3H3/t11-/m0/s1. The normalized spacial score (nSPS) is 12.0. The summed E-state index contributed by atoms with van der Waals surface area (Å²) < 4.78 is 11.1. The van der Waals surface area contributed by atoms with Gasteiger partial charge in [0.1, 0.15) is 0 Å². The summed E-state index contributed by atoms with van der Waals surface area (Å²) in [6.07, 6.45) is 1.69. The number of benzene rings is 1. The topological polar surface area (TPSA) is 57.4 Å². The molecule has 100 valence electrons. The van der Waals surface area contributed by atoms with Gasteiger partial charge in [-0.3, -0.25) is 0 Å². The second kappa shape index (κ2) is 5.71. The van der Waals surface area contributed by atoms with Gasteiger partial charge < -0.3 is 15.2 Å². The van der Waals surface area contributed by atoms with E-state index in [1.54, 1.807) is 13.3 Å². The maximum absolute atomic E-state index is 5.84. The predicted molar refractivity (Wildman–Crippen MR) is 74.6 cm³/mol. The minimum atomic E-state index is -0.0507. The molecule has 2 aromatic rings. The Bertz CT molecular complexity index is 568. The summed E-state index contributed by atoms with van der Waals surface area (Å²) in [6, 6.07) is 9.42. The lowest BCUT2D eigenvalue weighted by atomic mass is 10.1. The van der Waals surface area contributed by atoms with E-state index in [2.05, 4.69) is 4.98 Å². The van der Waals surface area contributed by atoms with Crippen molar-refractivity contribution in [3.05, 3.63) is 47.7 Å². The smallest absolute Gasteiger partial charge is 0.219 e. The van der Waals surface area contributed by atoms with Gasteiger partial charge in [-0.15, -0.1) is 0 Å². The van der Waals surface area contributed by atoms with Gasteiger partial charge in [-0.1, -0.05) is 6.07 Å². The monoisotopic (exact) mass is 258 g/mol. The third-order valence-corrected chi connectivity index (χ3v) is 2.82. The van der Waals surface area contributed by atoms with E-state index in [1.165, 1.54) is 0 Å². The molecule has 0 bridgehead atoms. The van der Waals surface area contributed by atoms with Gasteiger partial charge in [0.05, 0.1) is 7.11 Å². The maximum atomic E-state index is 5.84. The van der Waals surface area contributed by atoms with Crippen LogP contribution in [-0.4, -0.2) is 12.1 Å². The van der Waals surface area contributed by atoms with Crippen molar-refractivity contribution in [2.24, 2.45) is 5.73 Å². The Balaban J connectivity index is 2.28. The molecule has 0 saturated carbocycles. The number of aromatic nitrogens is 1. The summed E-state index contributed by atoms with van der Waals surface area (Å²) in [7, 11) is 1.62. The highest BCUT2D eigenvalue weighted by molar-refractivity contribution is 5.44. The van der Waals surface area contributed by atoms with Crippen molar-refractivity contribution < 1.29 is 9.47 Å². The Kier molecular flexibility index (Phi) is 4.02. The number of methoxy groups -OCH3 is 1. The van der Waals surface area contributed by atoms with E-state index in [0.29, 0.717) is 17.4 Å². The molecule has 0 fully saturated rings. The maximum Gasteiger partial charge on any atom is 0.219 e. The van der Waals surface area contributed by atoms with Crippen LogP contribution in [0.25, 0.3) is 0 Å². The Morgan fingerprint density at radius 3 is 2.63 bits per heavy atom. The first-order chi connectivity index (χ1) is 9.10. The van der Waals surface area contributed by atoms with Gasteiger partial charge in [0, 0.05) is 18.3 Å². The first kappa shape index (κ1) is 13.4. The summed E-state index contributed by atoms with van der Waals surface area (Å²) in [5.41, 5.74) is 7.94. The molecule has 0 aliphatic heterocycles. The van der Waals surface area contributed by atoms with Gasteiger partial charge in [0.25, 0.3) is 0 Å². The quantitative estimate of drug-likeness (QED) is 0.914. The van der Waals surface area contributed by atoms with Crippen molar-refractivity contribution in [3.63, 3.8) is 0 Å². The first-order valence-corrected chi connectivity index (χ1v) is 6.14. The van der Waals surface area contributed by atoms with Crippen LogP contribution in [-0.2, 0) is 0 Å². The van der Waals surface area contributed by atoms with Crippen molar-refractivity contribution in [1.82, 2.24) is 4.98 Å². The third-order valence-electron chi connectivity index (χ3n) is 2.82. The van der Waals surface area contributed by atoms with Crippen LogP contribution in [0.2, 0.25) is 0 Å². The molecule has 4 nitrogen and oxygen atoms in total. The molecule has 0 unspecified atom stereocenters. The van der Waals surface area contributed by atoms with Crippen LogP contribution >= 0.6 is 0 Å². The molecule has 1 aromatic carbocycles. The minimum absolute atomic E-state index is 0.0507. The molecule has 1 aromatic heterocycles. The molecule has 4 heteroatoms. The van der Waals surface area contributed by atoms with Gasteiger partial charge in [-0.2, -0.15) is 0 Å². The van der Waals surface area contributed by atoms with Gasteiger partial charge >= 0.3 is 0 Å². The van der Waals surface area contributed by atoms with Crippen LogP contribution in [0, 0.1) is 6.92 Å². The summed E-state index contributed by atoms with van der Waals surface area (Å²) in [4.78, 5) is 4.18. The molecule has 0 saturated heterocycles. The van der Waals surface area contributed by atoms with E-state index in [-0.39, 0.29) is 6.04 Å². The minimum Gasteiger partial charge on any atom is -0.493 e. The molecule has 0 radical (unpaired) electrons. The molecular formula is C15H18N2O2. The number of hydrogen-bond acceptors (Lipinski definition) is 4. The highest BCUT2D eigenvalue weighted by Crippen LogP contribution is 2.31. The Morgan fingerprint density at radius 2 is 1.95 bits per heavy atom. The third kappa shape index (κ3) is 3.23. The molecule has 19 heavy (non-hydrogen) atoms. The molecule has 0 aliphatic carbocycles. The van der Waals surface area contributed by atoms with Crippen molar-refractivity contribution in [2.45, 2.75) is 19.9 Å². The molecule has 2 N–H and O–H groups in total. The molecule has 0 aliphatic rings. The van der Waals surface area contributed by atoms with Crippen LogP contribution in [0.5, 0.6) is 17.4 Å². The van der Waals surface area contributed by atoms with Gasteiger partial charge in [-0.25, -0.2) is 4.98 Å². The van der Waals surface area contributed by atoms with Crippen LogP contribution in [0.3, 0.4) is 0 Å². The fraction of sp³-hybridized carbons (Fsp3) is 0.267. The highest BCUT2D eigenvalue weighted by atomic mass is 16.5. The number of aryl methyl sites for hydroxylation is 1. The summed E-state index contributed by atoms with van der Waals surface area (Å²) >= 11 is 0. The lowest BCUT2D eigenvalue weighted by Crippen LogP contribution is -2.05. The average Bonchev–Trinajstić information content (AvgIpc) is 2.41. The zero-order chi connectivity index (χ0) is 13.8. The Hall–Kier alpha value is -2.07. The zero-order valence-corrected chi connectivity index (χ0v) is 11.4. The highest BCUT2D eigenvalue weighted by Gasteiger charge is 2.08. The summed E-state index contributed by atoms with van der Waals surface area (Å²) in [5, 5.41) is 0. The molecule has 1 atom stereocenters. The Morgan fingerprint density at radius 1 is 1.16 bits per heavy atom. The van der Waals surface area contributed by atoms with Crippen LogP contribution < -0.4 is 15.2 Å². The second-order valence-corrected chi connectivity index (χ2v) is 4.47. The number of nitrogens with two attached hydrogens (primary N) is 1. The van der Waals surface area contributed by atoms with Crippen molar-refractivity contribution >= 4 is 0 Å². The van der Waals surface area contributed by atoms with E-state index >= 15 is 0 Å². The molecule has 0 spiro atoms. The van der Waals surface area contributed by atoms with Gasteiger partial charge in [0.2, 0.25) is 5.88 Å². The summed E-state index contributed by atoms with van der Waals surface area (Å²) in [6.45, 7) is 3.92. The predicted octanol–water partition coefficient (Wildman–Crippen LogP) is 3.21. The van der Waals surface area contributed by atoms with Crippen molar-refractivity contribution in [1.29, 1.82) is 0 Å². The van der Waals surface area contributed by atoms with Crippen molar-refractivity contribution in [2.75, 3.05) is 7.11 Å². The van der Waals surface area contributed by atoms with E-state index in [4.69, 9.17) is 15.2 Å². The number of hydrogen-bond donors (Lipinski definition) is 1. The lowest BCUT2D eigenvalue weighted by Gasteiger charge is -2.11. The summed E-state index contributed by atoms with van der Waals surface area (Å²) in [5.74, 6) is 1.84. The van der Waals surface area contributed by atoms with Gasteiger partial charge in [0.15, 0.2) is 11.5 Å². The van der Waals surface area contributed by atoms with E-state index < -0.39 is 0 Å². The number of pyridine rings is 1. The van der Waals surface area contributed by atoms with Crippen LogP contribution in [0.1, 0.15) is 24.1 Å². The lowest BCUT2D eigenvalue weighted by molar-refractivity contribution is 0.373. The first-order valence-electron chi connectivity index (χ1n) is 6.14. The van der Waals surface area contributed by atoms with Crippen molar-refractivity contribution in [3.8, 4) is 17.4 Å². The largest absolute Gasteiger partial charge is 0.493 e. The zero-order valence-electron chi connectivity index (χ0n) is 11.4. The molecule has 2 rings (SSSR count). The number of nitrogens with zero attached hydrogens (tertiary/aromatic N) is 1. The number of rotatable bonds is 4. The van der Waals surface area contributed by atoms with E-state index in [0.717, 1.165) is 11.1 Å². The van der Waals surface area contributed by atoms with E-state index in [9.17, 15) is 0 Å². The van der Waals surface area contributed by atoms with Crippen LogP contribution in [0.15, 0.2) is 36.5 Å². The van der Waals surface area contributed by atoms with Crippen LogP contribution in [0.4, 0.5) is 0 Å². The fourth-order valence-electron chi connectivity index (χ4n) is 1.74. The van der Waals surface area contributed by atoms with Gasteiger partial charge in [-0.05, 0) is 43.2 Å². The average molecular weight is 258 g/mol. The second-order valence-electron chi connectivity index (χ2n) is 4.47. The molecular weight excluding hydrogens is 240 g/mol. The fourth-order valence-corrected chi connectivity index (χ4v) is 1.74. The molecule has 0 amide bonds. The Labute approximate surface area is 113 Å².